The van der Waals surface area contributed by atoms with Crippen LogP contribution in [0.5, 0.6) is 0 Å². The average molecular weight is 271 g/mol. The van der Waals surface area contributed by atoms with E-state index in [9.17, 15) is 14.5 Å². The highest BCUT2D eigenvalue weighted by atomic mass is 32.1. The highest BCUT2D eigenvalue weighted by molar-refractivity contribution is 7.80. The summed E-state index contributed by atoms with van der Waals surface area (Å²) in [7, 11) is 0. The van der Waals surface area contributed by atoms with Crippen molar-refractivity contribution in [3.63, 3.8) is 0 Å². The van der Waals surface area contributed by atoms with Gasteiger partial charge >= 0.3 is 0 Å². The summed E-state index contributed by atoms with van der Waals surface area (Å²) in [6, 6.07) is 3.45. The molecular formula is C12H14FNO3S. The molecule has 1 aromatic carbocycles. The van der Waals surface area contributed by atoms with Crippen LogP contribution in [0.2, 0.25) is 0 Å². The Morgan fingerprint density at radius 1 is 1.56 bits per heavy atom. The minimum Gasteiger partial charge on any atom is -0.486 e. The molecule has 0 bridgehead atoms. The van der Waals surface area contributed by atoms with Crippen LogP contribution in [0.3, 0.4) is 0 Å². The number of nitro groups is 1. The fourth-order valence-corrected chi connectivity index (χ4v) is 1.83. The third kappa shape index (κ3) is 2.81. The molecule has 0 saturated heterocycles. The summed E-state index contributed by atoms with van der Waals surface area (Å²) < 4.78 is 18.3. The van der Waals surface area contributed by atoms with Crippen molar-refractivity contribution in [1.29, 1.82) is 0 Å². The predicted octanol–water partition coefficient (Wildman–Crippen LogP) is 3.38. The van der Waals surface area contributed by atoms with E-state index >= 15 is 0 Å². The van der Waals surface area contributed by atoms with Crippen molar-refractivity contribution in [1.82, 2.24) is 0 Å². The molecule has 0 fully saturated rings. The Balaban J connectivity index is 3.31. The average Bonchev–Trinajstić information content (AvgIpc) is 2.28. The van der Waals surface area contributed by atoms with E-state index in [0.717, 1.165) is 6.07 Å². The van der Waals surface area contributed by atoms with Crippen LogP contribution in [0.15, 0.2) is 18.2 Å². The largest absolute Gasteiger partial charge is 0.486 e. The molecule has 0 atom stereocenters. The third-order valence-electron chi connectivity index (χ3n) is 2.62. The Hall–Kier alpha value is -1.56. The quantitative estimate of drug-likeness (QED) is 0.478. The lowest BCUT2D eigenvalue weighted by atomic mass is 9.84. The van der Waals surface area contributed by atoms with Crippen LogP contribution in [0.1, 0.15) is 26.3 Å². The van der Waals surface area contributed by atoms with Crippen molar-refractivity contribution >= 4 is 23.0 Å². The summed E-state index contributed by atoms with van der Waals surface area (Å²) in [6.45, 7) is 5.59. The fourth-order valence-electron chi connectivity index (χ4n) is 1.61. The van der Waals surface area contributed by atoms with Gasteiger partial charge in [0.25, 0.3) is 5.69 Å². The minimum absolute atomic E-state index is 0.250. The zero-order valence-electron chi connectivity index (χ0n) is 10.4. The maximum atomic E-state index is 13.1. The second-order valence-corrected chi connectivity index (χ2v) is 4.63. The smallest absolute Gasteiger partial charge is 0.276 e. The minimum atomic E-state index is -0.832. The molecule has 0 N–H and O–H groups in total. The monoisotopic (exact) mass is 271 g/mol. The van der Waals surface area contributed by atoms with Gasteiger partial charge in [0.05, 0.1) is 23.0 Å². The second-order valence-electron chi connectivity index (χ2n) is 4.26. The number of rotatable bonds is 4. The van der Waals surface area contributed by atoms with Gasteiger partial charge in [0, 0.05) is 5.56 Å². The molecule has 98 valence electrons. The summed E-state index contributed by atoms with van der Waals surface area (Å²) in [5.41, 5.74) is -0.782. The number of nitro benzene ring substituents is 1. The van der Waals surface area contributed by atoms with Gasteiger partial charge in [-0.2, -0.15) is 0 Å². The van der Waals surface area contributed by atoms with Gasteiger partial charge in [-0.15, -0.1) is 0 Å². The van der Waals surface area contributed by atoms with Crippen LogP contribution in [0.25, 0.3) is 0 Å². The number of benzene rings is 1. The van der Waals surface area contributed by atoms with Crippen LogP contribution in [-0.4, -0.2) is 16.6 Å². The summed E-state index contributed by atoms with van der Waals surface area (Å²) >= 11 is 5.11. The number of nitrogens with zero attached hydrogens (tertiary/aromatic N) is 1. The number of halogens is 1. The van der Waals surface area contributed by atoms with Crippen molar-refractivity contribution in [2.24, 2.45) is 0 Å². The first kappa shape index (κ1) is 14.5. The molecule has 0 aliphatic rings. The molecule has 4 nitrogen and oxygen atoms in total. The molecule has 0 saturated carbocycles. The molecule has 0 amide bonds. The lowest BCUT2D eigenvalue weighted by Crippen LogP contribution is -2.30. The van der Waals surface area contributed by atoms with E-state index in [2.05, 4.69) is 0 Å². The first-order valence-electron chi connectivity index (χ1n) is 5.42. The summed E-state index contributed by atoms with van der Waals surface area (Å²) in [5, 5.41) is 11.2. The molecule has 18 heavy (non-hydrogen) atoms. The van der Waals surface area contributed by atoms with Gasteiger partial charge in [0.1, 0.15) is 5.82 Å². The van der Waals surface area contributed by atoms with Crippen LogP contribution < -0.4 is 0 Å². The van der Waals surface area contributed by atoms with Gasteiger partial charge in [0.2, 0.25) is 0 Å². The van der Waals surface area contributed by atoms with Gasteiger partial charge in [-0.3, -0.25) is 10.1 Å². The lowest BCUT2D eigenvalue weighted by molar-refractivity contribution is -0.386. The molecule has 0 spiro atoms. The Morgan fingerprint density at radius 3 is 2.67 bits per heavy atom. The van der Waals surface area contributed by atoms with E-state index in [1.165, 1.54) is 12.1 Å². The Kier molecular flexibility index (Phi) is 4.34. The second kappa shape index (κ2) is 5.39. The molecule has 0 heterocycles. The molecule has 0 aliphatic heterocycles. The van der Waals surface area contributed by atoms with Gasteiger partial charge in [-0.25, -0.2) is 4.39 Å². The summed E-state index contributed by atoms with van der Waals surface area (Å²) in [6.07, 6.45) is 0. The van der Waals surface area contributed by atoms with Gasteiger partial charge < -0.3 is 4.74 Å². The zero-order chi connectivity index (χ0) is 13.9. The molecular weight excluding hydrogens is 257 g/mol. The van der Waals surface area contributed by atoms with Crippen LogP contribution in [-0.2, 0) is 10.2 Å². The van der Waals surface area contributed by atoms with Crippen LogP contribution >= 0.6 is 12.2 Å². The van der Waals surface area contributed by atoms with E-state index in [1.807, 2.05) is 0 Å². The maximum Gasteiger partial charge on any atom is 0.276 e. The molecule has 0 radical (unpaired) electrons. The van der Waals surface area contributed by atoms with Crippen molar-refractivity contribution in [3.05, 3.63) is 39.7 Å². The Morgan fingerprint density at radius 2 is 2.17 bits per heavy atom. The standard InChI is InChI=1S/C12H14FNO3S/c1-4-17-11(18)12(2,3)9-6-5-8(13)7-10(9)14(15)16/h5-7H,4H2,1-3H3. The third-order valence-corrected chi connectivity index (χ3v) is 3.24. The first-order chi connectivity index (χ1) is 8.30. The molecule has 6 heteroatoms. The normalized spacial score (nSPS) is 11.1. The number of thiocarbonyl (C=S) groups is 1. The topological polar surface area (TPSA) is 52.4 Å². The Bertz CT molecular complexity index is 488. The van der Waals surface area contributed by atoms with Crippen molar-refractivity contribution in [2.75, 3.05) is 6.61 Å². The number of ether oxygens (including phenoxy) is 1. The van der Waals surface area contributed by atoms with E-state index < -0.39 is 16.2 Å². The number of hydrogen-bond acceptors (Lipinski definition) is 4. The molecule has 0 aromatic heterocycles. The van der Waals surface area contributed by atoms with Gasteiger partial charge in [-0.1, -0.05) is 0 Å². The van der Waals surface area contributed by atoms with Crippen molar-refractivity contribution in [2.45, 2.75) is 26.2 Å². The number of hydrogen-bond donors (Lipinski definition) is 0. The highest BCUT2D eigenvalue weighted by Crippen LogP contribution is 2.33. The van der Waals surface area contributed by atoms with Gasteiger partial charge in [0.15, 0.2) is 5.05 Å². The predicted molar refractivity (Wildman–Crippen MR) is 70.3 cm³/mol. The molecule has 1 aromatic rings. The van der Waals surface area contributed by atoms with Gasteiger partial charge in [-0.05, 0) is 45.1 Å². The molecule has 1 rings (SSSR count). The molecule has 0 aliphatic carbocycles. The van der Waals surface area contributed by atoms with E-state index in [1.54, 1.807) is 20.8 Å². The lowest BCUT2D eigenvalue weighted by Gasteiger charge is -2.25. The first-order valence-corrected chi connectivity index (χ1v) is 5.83. The van der Waals surface area contributed by atoms with E-state index in [0.29, 0.717) is 12.2 Å². The fraction of sp³-hybridized carbons (Fsp3) is 0.417. The maximum absolute atomic E-state index is 13.1. The van der Waals surface area contributed by atoms with E-state index in [-0.39, 0.29) is 10.7 Å². The highest BCUT2D eigenvalue weighted by Gasteiger charge is 2.34. The van der Waals surface area contributed by atoms with Crippen molar-refractivity contribution in [3.8, 4) is 0 Å². The van der Waals surface area contributed by atoms with E-state index in [4.69, 9.17) is 17.0 Å². The molecule has 0 unspecified atom stereocenters. The van der Waals surface area contributed by atoms with Crippen LogP contribution in [0.4, 0.5) is 10.1 Å². The van der Waals surface area contributed by atoms with Crippen LogP contribution in [0, 0.1) is 15.9 Å². The Labute approximate surface area is 110 Å². The summed E-state index contributed by atoms with van der Waals surface area (Å²) in [5.74, 6) is -0.649. The zero-order valence-corrected chi connectivity index (χ0v) is 11.2. The SMILES string of the molecule is CCOC(=S)C(C)(C)c1ccc(F)cc1[N+](=O)[O-]. The van der Waals surface area contributed by atoms with Crippen molar-refractivity contribution < 1.29 is 14.1 Å². The summed E-state index contributed by atoms with van der Waals surface area (Å²) in [4.78, 5) is 10.3.